The molecule has 8 nitrogen and oxygen atoms in total. The number of nitrogens with one attached hydrogen (secondary N) is 1. The number of rotatable bonds is 5. The maximum absolute atomic E-state index is 13.2. The van der Waals surface area contributed by atoms with Gasteiger partial charge in [0.15, 0.2) is 0 Å². The molecule has 0 spiro atoms. The summed E-state index contributed by atoms with van der Waals surface area (Å²) < 4.78 is 35.0. The van der Waals surface area contributed by atoms with E-state index in [2.05, 4.69) is 4.72 Å². The van der Waals surface area contributed by atoms with Crippen molar-refractivity contribution in [1.29, 1.82) is 0 Å². The molecule has 4 heterocycles. The van der Waals surface area contributed by atoms with Gasteiger partial charge in [0, 0.05) is 35.1 Å². The average molecular weight is 594 g/mol. The fraction of sp³-hybridized carbons (Fsp3) is 0.385. The zero-order valence-electron chi connectivity index (χ0n) is 21.2. The van der Waals surface area contributed by atoms with Crippen molar-refractivity contribution in [3.63, 3.8) is 0 Å². The van der Waals surface area contributed by atoms with Gasteiger partial charge in [0.2, 0.25) is 5.91 Å². The fourth-order valence-electron chi connectivity index (χ4n) is 4.52. The number of sulfonamides is 1. The Morgan fingerprint density at radius 2 is 1.79 bits per heavy atom. The lowest BCUT2D eigenvalue weighted by molar-refractivity contribution is -0.118. The molecule has 1 saturated heterocycles. The molecule has 0 saturated carbocycles. The number of carbonyl (C=O) groups is 2. The van der Waals surface area contributed by atoms with Crippen molar-refractivity contribution in [3.05, 3.63) is 57.9 Å². The summed E-state index contributed by atoms with van der Waals surface area (Å²) in [5.41, 5.74) is 2.25. The summed E-state index contributed by atoms with van der Waals surface area (Å²) >= 11 is 8.54. The normalized spacial score (nSPS) is 18.1. The second-order valence-corrected chi connectivity index (χ2v) is 15.0. The Bertz CT molecular complexity index is 1490. The fourth-order valence-corrected chi connectivity index (χ4v) is 8.20. The maximum Gasteiger partial charge on any atom is 0.410 e. The summed E-state index contributed by atoms with van der Waals surface area (Å²) in [6, 6.07) is 11.8. The molecule has 1 atom stereocenters. The quantitative estimate of drug-likeness (QED) is 0.421. The number of benzene rings is 1. The smallest absolute Gasteiger partial charge is 0.410 e. The zero-order chi connectivity index (χ0) is 27.2. The van der Waals surface area contributed by atoms with E-state index in [9.17, 15) is 18.0 Å². The summed E-state index contributed by atoms with van der Waals surface area (Å²) in [5, 5.41) is 0. The topological polar surface area (TPSA) is 96.0 Å². The van der Waals surface area contributed by atoms with Crippen molar-refractivity contribution in [2.75, 3.05) is 18.0 Å². The van der Waals surface area contributed by atoms with E-state index in [1.165, 1.54) is 11.3 Å². The molecule has 0 bridgehead atoms. The molecule has 0 unspecified atom stereocenters. The molecule has 2 aliphatic heterocycles. The van der Waals surface area contributed by atoms with Crippen LogP contribution in [0, 0.1) is 0 Å². The first-order valence-electron chi connectivity index (χ1n) is 12.2. The van der Waals surface area contributed by atoms with Crippen LogP contribution < -0.4 is 9.62 Å². The molecule has 38 heavy (non-hydrogen) atoms. The van der Waals surface area contributed by atoms with Gasteiger partial charge in [-0.2, -0.15) is 4.72 Å². The Kier molecular flexibility index (Phi) is 7.34. The summed E-state index contributed by atoms with van der Waals surface area (Å²) in [6.45, 7) is 6.92. The monoisotopic (exact) mass is 593 g/mol. The van der Waals surface area contributed by atoms with Crippen molar-refractivity contribution in [3.8, 4) is 9.75 Å². The Balaban J connectivity index is 1.25. The van der Waals surface area contributed by atoms with E-state index in [0.29, 0.717) is 36.8 Å². The standard InChI is InChI=1S/C26H28ClN3O5S3/c1-26(2,3)35-25(32)29-12-10-16-14-18(5-4-17(16)15-29)30-13-11-19(24(30)31)28-38(33,34)23-9-7-21(37-23)20-6-8-22(27)36-20/h4-9,14,19,28H,10-13,15H2,1-3H3/t19-/m0/s1. The number of thiophene rings is 2. The van der Waals surface area contributed by atoms with E-state index in [0.717, 1.165) is 37.9 Å². The van der Waals surface area contributed by atoms with Crippen LogP contribution in [0.15, 0.2) is 46.7 Å². The van der Waals surface area contributed by atoms with E-state index >= 15 is 0 Å². The van der Waals surface area contributed by atoms with Crippen molar-refractivity contribution >= 4 is 62.0 Å². The second kappa shape index (κ2) is 10.3. The summed E-state index contributed by atoms with van der Waals surface area (Å²) in [5.74, 6) is -0.276. The third kappa shape index (κ3) is 5.76. The summed E-state index contributed by atoms with van der Waals surface area (Å²) in [6.07, 6.45) is 0.686. The third-order valence-electron chi connectivity index (χ3n) is 6.33. The Morgan fingerprint density at radius 3 is 2.50 bits per heavy atom. The average Bonchev–Trinajstić information content (AvgIpc) is 3.58. The Morgan fingerprint density at radius 1 is 1.05 bits per heavy atom. The highest BCUT2D eigenvalue weighted by atomic mass is 35.5. The van der Waals surface area contributed by atoms with Gasteiger partial charge in [-0.3, -0.25) is 4.79 Å². The predicted octanol–water partition coefficient (Wildman–Crippen LogP) is 5.51. The van der Waals surface area contributed by atoms with Crippen molar-refractivity contribution in [2.45, 2.75) is 56.0 Å². The van der Waals surface area contributed by atoms with Gasteiger partial charge in [0.05, 0.1) is 4.34 Å². The molecule has 12 heteroatoms. The molecule has 2 amide bonds. The van der Waals surface area contributed by atoms with E-state index in [1.807, 2.05) is 45.0 Å². The van der Waals surface area contributed by atoms with Crippen LogP contribution in [0.1, 0.15) is 38.3 Å². The Hall–Kier alpha value is -2.44. The third-order valence-corrected chi connectivity index (χ3v) is 10.8. The molecule has 2 aliphatic rings. The van der Waals surface area contributed by atoms with Crippen molar-refractivity contribution in [1.82, 2.24) is 9.62 Å². The van der Waals surface area contributed by atoms with Crippen LogP contribution in [0.3, 0.4) is 0 Å². The minimum absolute atomic E-state index is 0.159. The van der Waals surface area contributed by atoms with E-state index in [4.69, 9.17) is 16.3 Å². The van der Waals surface area contributed by atoms with Gasteiger partial charge in [0.25, 0.3) is 10.0 Å². The first kappa shape index (κ1) is 27.1. The maximum atomic E-state index is 13.2. The molecule has 1 fully saturated rings. The highest BCUT2D eigenvalue weighted by Gasteiger charge is 2.36. The molecule has 3 aromatic rings. The molecule has 5 rings (SSSR count). The number of carbonyl (C=O) groups excluding carboxylic acids is 2. The zero-order valence-corrected chi connectivity index (χ0v) is 24.4. The minimum atomic E-state index is -3.86. The number of fused-ring (bicyclic) bond motifs is 1. The van der Waals surface area contributed by atoms with E-state index < -0.39 is 21.7 Å². The number of anilines is 1. The van der Waals surface area contributed by atoms with Gasteiger partial charge in [-0.05, 0) is 81.1 Å². The SMILES string of the molecule is CC(C)(C)OC(=O)N1CCc2cc(N3CC[C@H](NS(=O)(=O)c4ccc(-c5ccc(Cl)s5)s4)C3=O)ccc2C1. The molecule has 1 N–H and O–H groups in total. The van der Waals surface area contributed by atoms with Crippen molar-refractivity contribution < 1.29 is 22.7 Å². The van der Waals surface area contributed by atoms with Crippen LogP contribution in [-0.4, -0.2) is 50.1 Å². The molecular formula is C26H28ClN3O5S3. The molecule has 202 valence electrons. The number of hydrogen-bond acceptors (Lipinski definition) is 7. The van der Waals surface area contributed by atoms with Gasteiger partial charge in [0.1, 0.15) is 15.9 Å². The number of halogens is 1. The van der Waals surface area contributed by atoms with Crippen LogP contribution in [0.4, 0.5) is 10.5 Å². The number of nitrogens with zero attached hydrogens (tertiary/aromatic N) is 2. The van der Waals surface area contributed by atoms with Gasteiger partial charge in [-0.1, -0.05) is 17.7 Å². The predicted molar refractivity (Wildman–Crippen MR) is 151 cm³/mol. The molecule has 0 radical (unpaired) electrons. The number of hydrogen-bond donors (Lipinski definition) is 1. The van der Waals surface area contributed by atoms with Crippen molar-refractivity contribution in [2.24, 2.45) is 0 Å². The lowest BCUT2D eigenvalue weighted by Gasteiger charge is -2.31. The Labute approximate surface area is 235 Å². The second-order valence-electron chi connectivity index (χ2n) is 10.3. The van der Waals surface area contributed by atoms with Crippen LogP contribution in [0.25, 0.3) is 9.75 Å². The van der Waals surface area contributed by atoms with Gasteiger partial charge in [-0.25, -0.2) is 13.2 Å². The molecular weight excluding hydrogens is 566 g/mol. The highest BCUT2D eigenvalue weighted by Crippen LogP contribution is 2.37. The minimum Gasteiger partial charge on any atom is -0.444 e. The van der Waals surface area contributed by atoms with Crippen LogP contribution in [0.5, 0.6) is 0 Å². The lowest BCUT2D eigenvalue weighted by Crippen LogP contribution is -2.41. The van der Waals surface area contributed by atoms with Crippen LogP contribution in [0.2, 0.25) is 4.34 Å². The molecule has 1 aromatic carbocycles. The lowest BCUT2D eigenvalue weighted by atomic mass is 9.99. The van der Waals surface area contributed by atoms with E-state index in [-0.39, 0.29) is 16.2 Å². The summed E-state index contributed by atoms with van der Waals surface area (Å²) in [4.78, 5) is 30.7. The van der Waals surface area contributed by atoms with Crippen LogP contribution >= 0.6 is 34.3 Å². The number of ether oxygens (including phenoxy) is 1. The first-order valence-corrected chi connectivity index (χ1v) is 15.7. The first-order chi connectivity index (χ1) is 17.9. The van der Waals surface area contributed by atoms with Crippen LogP contribution in [-0.2, 0) is 32.5 Å². The van der Waals surface area contributed by atoms with E-state index in [1.54, 1.807) is 28.0 Å². The number of amides is 2. The van der Waals surface area contributed by atoms with Gasteiger partial charge < -0.3 is 14.5 Å². The molecule has 2 aromatic heterocycles. The summed E-state index contributed by atoms with van der Waals surface area (Å²) in [7, 11) is -3.86. The van der Waals surface area contributed by atoms with Gasteiger partial charge >= 0.3 is 6.09 Å². The van der Waals surface area contributed by atoms with Gasteiger partial charge in [-0.15, -0.1) is 22.7 Å². The largest absolute Gasteiger partial charge is 0.444 e. The highest BCUT2D eigenvalue weighted by molar-refractivity contribution is 7.91. The molecule has 0 aliphatic carbocycles.